The van der Waals surface area contributed by atoms with Crippen LogP contribution >= 0.6 is 11.6 Å². The Labute approximate surface area is 249 Å². The molecule has 222 valence electrons. The number of amides is 1. The lowest BCUT2D eigenvalue weighted by molar-refractivity contribution is 0.0389. The molecular weight excluding hydrogens is 558 g/mol. The van der Waals surface area contributed by atoms with E-state index in [1.165, 1.54) is 6.20 Å². The third-order valence-corrected chi connectivity index (χ3v) is 9.02. The Bertz CT molecular complexity index is 1650. The van der Waals surface area contributed by atoms with Crippen LogP contribution in [-0.2, 0) is 21.3 Å². The van der Waals surface area contributed by atoms with E-state index in [0.29, 0.717) is 48.9 Å². The molecule has 2 aliphatic rings. The summed E-state index contributed by atoms with van der Waals surface area (Å²) in [6, 6.07) is 9.66. The summed E-state index contributed by atoms with van der Waals surface area (Å²) in [7, 11) is 0. The highest BCUT2D eigenvalue weighted by Gasteiger charge is 2.41. The van der Waals surface area contributed by atoms with Gasteiger partial charge >= 0.3 is 6.09 Å². The van der Waals surface area contributed by atoms with Crippen LogP contribution in [0.3, 0.4) is 0 Å². The van der Waals surface area contributed by atoms with Crippen molar-refractivity contribution in [1.29, 1.82) is 0 Å². The van der Waals surface area contributed by atoms with Crippen molar-refractivity contribution in [2.45, 2.75) is 44.9 Å². The number of aromatic amines is 1. The summed E-state index contributed by atoms with van der Waals surface area (Å²) in [6.45, 7) is 7.84. The van der Waals surface area contributed by atoms with E-state index >= 15 is 0 Å². The fourth-order valence-electron chi connectivity index (χ4n) is 6.11. The van der Waals surface area contributed by atoms with E-state index in [9.17, 15) is 9.59 Å². The minimum absolute atomic E-state index is 0.0461. The second kappa shape index (κ2) is 11.9. The SMILES string of the molecule is CC1CN(C(=O)OCCOCCc2nc(N3CCCC3)c3oc4ccccc4c3n2)CCC1(C)c1cc(Cl)c[nH]c1=O. The number of H-pyrrole nitrogens is 1. The largest absolute Gasteiger partial charge is 0.450 e. The Kier molecular flexibility index (Phi) is 8.09. The number of aromatic nitrogens is 3. The zero-order chi connectivity index (χ0) is 29.3. The number of benzene rings is 1. The van der Waals surface area contributed by atoms with Crippen LogP contribution < -0.4 is 10.5 Å². The number of piperidine rings is 1. The average molecular weight is 594 g/mol. The third kappa shape index (κ3) is 5.57. The molecular formula is C31H36ClN5O5. The number of hydrogen-bond acceptors (Lipinski definition) is 8. The van der Waals surface area contributed by atoms with Crippen LogP contribution in [-0.4, -0.2) is 71.9 Å². The first kappa shape index (κ1) is 28.5. The van der Waals surface area contributed by atoms with Crippen molar-refractivity contribution in [3.63, 3.8) is 0 Å². The Balaban J connectivity index is 1.01. The predicted octanol–water partition coefficient (Wildman–Crippen LogP) is 5.31. The molecule has 5 heterocycles. The van der Waals surface area contributed by atoms with Gasteiger partial charge in [0, 0.05) is 55.2 Å². The Morgan fingerprint density at radius 1 is 1.17 bits per heavy atom. The van der Waals surface area contributed by atoms with Crippen molar-refractivity contribution in [1.82, 2.24) is 19.9 Å². The fourth-order valence-corrected chi connectivity index (χ4v) is 6.27. The first-order chi connectivity index (χ1) is 20.3. The van der Waals surface area contributed by atoms with Gasteiger partial charge in [0.25, 0.3) is 5.56 Å². The topological polar surface area (TPSA) is 114 Å². The molecule has 1 aromatic carbocycles. The number of hydrogen-bond donors (Lipinski definition) is 1. The van der Waals surface area contributed by atoms with Gasteiger partial charge in [-0.25, -0.2) is 14.8 Å². The number of carbonyl (C=O) groups excluding carboxylic acids is 1. The molecule has 4 aromatic rings. The highest BCUT2D eigenvalue weighted by Crippen LogP contribution is 2.38. The molecule has 0 aliphatic carbocycles. The van der Waals surface area contributed by atoms with Gasteiger partial charge < -0.3 is 28.7 Å². The molecule has 10 nitrogen and oxygen atoms in total. The summed E-state index contributed by atoms with van der Waals surface area (Å²) in [6.07, 6.45) is 4.58. The lowest BCUT2D eigenvalue weighted by Gasteiger charge is -2.44. The lowest BCUT2D eigenvalue weighted by atomic mass is 9.68. The molecule has 2 unspecified atom stereocenters. The summed E-state index contributed by atoms with van der Waals surface area (Å²) < 4.78 is 17.5. The second-order valence-electron chi connectivity index (χ2n) is 11.5. The number of pyridine rings is 1. The number of nitrogens with one attached hydrogen (secondary N) is 1. The number of fused-ring (bicyclic) bond motifs is 3. The van der Waals surface area contributed by atoms with Crippen LogP contribution in [0.5, 0.6) is 0 Å². The van der Waals surface area contributed by atoms with E-state index in [0.717, 1.165) is 53.8 Å². The number of furan rings is 1. The monoisotopic (exact) mass is 593 g/mol. The summed E-state index contributed by atoms with van der Waals surface area (Å²) >= 11 is 6.15. The van der Waals surface area contributed by atoms with Gasteiger partial charge in [-0.15, -0.1) is 0 Å². The maximum Gasteiger partial charge on any atom is 0.409 e. The molecule has 2 aliphatic heterocycles. The smallest absolute Gasteiger partial charge is 0.409 e. The lowest BCUT2D eigenvalue weighted by Crippen LogP contribution is -2.51. The van der Waals surface area contributed by atoms with Crippen molar-refractivity contribution in [3.8, 4) is 0 Å². The second-order valence-corrected chi connectivity index (χ2v) is 11.9. The summed E-state index contributed by atoms with van der Waals surface area (Å²) in [5, 5.41) is 1.48. The van der Waals surface area contributed by atoms with Gasteiger partial charge in [-0.1, -0.05) is 37.6 Å². The molecule has 0 spiro atoms. The average Bonchev–Trinajstić information content (AvgIpc) is 3.66. The van der Waals surface area contributed by atoms with E-state index in [4.69, 9.17) is 35.5 Å². The van der Waals surface area contributed by atoms with Crippen molar-refractivity contribution in [3.05, 3.63) is 63.3 Å². The van der Waals surface area contributed by atoms with Gasteiger partial charge in [-0.3, -0.25) is 4.79 Å². The maximum atomic E-state index is 12.8. The normalized spacial score (nSPS) is 21.0. The minimum Gasteiger partial charge on any atom is -0.450 e. The molecule has 2 fully saturated rings. The first-order valence-corrected chi connectivity index (χ1v) is 15.0. The molecule has 2 saturated heterocycles. The molecule has 1 amide bonds. The van der Waals surface area contributed by atoms with E-state index in [2.05, 4.69) is 16.8 Å². The van der Waals surface area contributed by atoms with E-state index in [-0.39, 0.29) is 36.2 Å². The number of likely N-dealkylation sites (tertiary alicyclic amines) is 1. The molecule has 11 heteroatoms. The molecule has 0 bridgehead atoms. The quantitative estimate of drug-likeness (QED) is 0.273. The minimum atomic E-state index is -0.388. The number of anilines is 1. The fraction of sp³-hybridized carbons (Fsp3) is 0.484. The summed E-state index contributed by atoms with van der Waals surface area (Å²) in [5.74, 6) is 1.60. The highest BCUT2D eigenvalue weighted by atomic mass is 35.5. The van der Waals surface area contributed by atoms with E-state index < -0.39 is 0 Å². The third-order valence-electron chi connectivity index (χ3n) is 8.80. The number of carbonyl (C=O) groups is 1. The molecule has 42 heavy (non-hydrogen) atoms. The van der Waals surface area contributed by atoms with Gasteiger partial charge in [0.2, 0.25) is 0 Å². The Morgan fingerprint density at radius 3 is 2.79 bits per heavy atom. The van der Waals surface area contributed by atoms with Crippen molar-refractivity contribution in [2.75, 3.05) is 50.9 Å². The van der Waals surface area contributed by atoms with Crippen molar-refractivity contribution < 1.29 is 18.7 Å². The number of para-hydroxylation sites is 1. The van der Waals surface area contributed by atoms with Gasteiger partial charge in [0.15, 0.2) is 11.4 Å². The number of halogens is 1. The molecule has 1 N–H and O–H groups in total. The van der Waals surface area contributed by atoms with Crippen LogP contribution in [0.4, 0.5) is 10.6 Å². The highest BCUT2D eigenvalue weighted by molar-refractivity contribution is 6.30. The van der Waals surface area contributed by atoms with Crippen LogP contribution in [0.25, 0.3) is 22.1 Å². The molecule has 2 atom stereocenters. The first-order valence-electron chi connectivity index (χ1n) is 14.6. The van der Waals surface area contributed by atoms with Gasteiger partial charge in [0.1, 0.15) is 23.5 Å². The Hall–Kier alpha value is -3.63. The molecule has 6 rings (SSSR count). The van der Waals surface area contributed by atoms with Gasteiger partial charge in [-0.05, 0) is 43.4 Å². The predicted molar refractivity (Wildman–Crippen MR) is 161 cm³/mol. The molecule has 0 saturated carbocycles. The van der Waals surface area contributed by atoms with E-state index in [1.54, 1.807) is 11.0 Å². The van der Waals surface area contributed by atoms with Crippen LogP contribution in [0.15, 0.2) is 45.7 Å². The standard InChI is InChI=1S/C31H36ClN5O5/c1-20-19-37(13-10-31(20,2)23-17-21(32)18-33-29(23)38)30(39)41-16-15-40-14-9-25-34-26-22-7-3-4-8-24(22)42-27(26)28(35-25)36-11-5-6-12-36/h3-4,7-8,17-18,20H,5-6,9-16,19H2,1-2H3,(H,33,38). The van der Waals surface area contributed by atoms with Crippen molar-refractivity contribution >= 4 is 45.6 Å². The zero-order valence-corrected chi connectivity index (χ0v) is 24.8. The number of nitrogens with zero attached hydrogens (tertiary/aromatic N) is 4. The van der Waals surface area contributed by atoms with Gasteiger partial charge in [-0.2, -0.15) is 0 Å². The summed E-state index contributed by atoms with van der Waals surface area (Å²) in [5.41, 5.74) is 2.50. The number of rotatable bonds is 8. The van der Waals surface area contributed by atoms with Crippen LogP contribution in [0.1, 0.15) is 44.5 Å². The Morgan fingerprint density at radius 2 is 1.98 bits per heavy atom. The van der Waals surface area contributed by atoms with Crippen LogP contribution in [0, 0.1) is 5.92 Å². The number of ether oxygens (including phenoxy) is 2. The van der Waals surface area contributed by atoms with E-state index in [1.807, 2.05) is 31.2 Å². The maximum absolute atomic E-state index is 12.8. The molecule has 0 radical (unpaired) electrons. The molecule has 3 aromatic heterocycles. The zero-order valence-electron chi connectivity index (χ0n) is 24.0. The van der Waals surface area contributed by atoms with Crippen molar-refractivity contribution in [2.24, 2.45) is 5.92 Å². The summed E-state index contributed by atoms with van der Waals surface area (Å²) in [4.78, 5) is 41.6. The van der Waals surface area contributed by atoms with Crippen LogP contribution in [0.2, 0.25) is 5.02 Å². The van der Waals surface area contributed by atoms with Gasteiger partial charge in [0.05, 0.1) is 18.2 Å².